The maximum Gasteiger partial charge on any atom is 0.249 e. The maximum absolute atomic E-state index is 13.3. The Kier molecular flexibility index (Phi) is 2.91. The molecule has 0 unspecified atom stereocenters. The molecule has 3 rings (SSSR count). The van der Waals surface area contributed by atoms with Gasteiger partial charge in [0, 0.05) is 10.9 Å². The molecule has 0 radical (unpaired) electrons. The Hall–Kier alpha value is -2.75. The molecule has 0 aliphatic heterocycles. The van der Waals surface area contributed by atoms with Crippen LogP contribution in [0.5, 0.6) is 0 Å². The number of rotatable bonds is 2. The van der Waals surface area contributed by atoms with Crippen molar-refractivity contribution in [1.82, 2.24) is 4.98 Å². The lowest BCUT2D eigenvalue weighted by atomic mass is 10.0. The predicted octanol–water partition coefficient (Wildman–Crippen LogP) is 3.14. The molecule has 1 aromatic heterocycles. The Morgan fingerprint density at radius 2 is 1.85 bits per heavy atom. The zero-order chi connectivity index (χ0) is 14.1. The second kappa shape index (κ2) is 4.74. The third kappa shape index (κ3) is 2.12. The zero-order valence-corrected chi connectivity index (χ0v) is 10.5. The summed E-state index contributed by atoms with van der Waals surface area (Å²) < 4.78 is 13.3. The average Bonchev–Trinajstić information content (AvgIpc) is 2.46. The summed E-state index contributed by atoms with van der Waals surface area (Å²) in [5.41, 5.74) is 7.59. The first-order valence-electron chi connectivity index (χ1n) is 6.11. The number of hydrogen-bond acceptors (Lipinski definition) is 2. The van der Waals surface area contributed by atoms with Gasteiger partial charge in [0.1, 0.15) is 5.82 Å². The minimum Gasteiger partial charge on any atom is -0.366 e. The number of fused-ring (bicyclic) bond motifs is 1. The number of pyridine rings is 1. The van der Waals surface area contributed by atoms with Crippen LogP contribution in [-0.4, -0.2) is 10.9 Å². The molecule has 0 aliphatic rings. The Bertz CT molecular complexity index is 814. The largest absolute Gasteiger partial charge is 0.366 e. The molecule has 1 heterocycles. The van der Waals surface area contributed by atoms with Crippen molar-refractivity contribution in [3.63, 3.8) is 0 Å². The number of carbonyl (C=O) groups excluding carboxylic acids is 1. The lowest BCUT2D eigenvalue weighted by molar-refractivity contribution is 0.100. The van der Waals surface area contributed by atoms with Crippen molar-refractivity contribution in [2.45, 2.75) is 0 Å². The first-order chi connectivity index (χ1) is 9.65. The smallest absolute Gasteiger partial charge is 0.249 e. The number of para-hydroxylation sites is 1. The molecule has 0 saturated heterocycles. The van der Waals surface area contributed by atoms with Crippen LogP contribution in [0.3, 0.4) is 0 Å². The van der Waals surface area contributed by atoms with Gasteiger partial charge < -0.3 is 5.73 Å². The molecule has 1 amide bonds. The summed E-state index contributed by atoms with van der Waals surface area (Å²) >= 11 is 0. The first kappa shape index (κ1) is 12.3. The number of nitrogens with two attached hydrogens (primary N) is 1. The highest BCUT2D eigenvalue weighted by Crippen LogP contribution is 2.24. The van der Waals surface area contributed by atoms with Crippen LogP contribution in [0, 0.1) is 5.82 Å². The number of primary amides is 1. The highest BCUT2D eigenvalue weighted by atomic mass is 19.1. The lowest BCUT2D eigenvalue weighted by Gasteiger charge is -2.07. The molecule has 0 saturated carbocycles. The molecule has 0 bridgehead atoms. The number of hydrogen-bond donors (Lipinski definition) is 1. The van der Waals surface area contributed by atoms with Gasteiger partial charge in [0.05, 0.1) is 16.8 Å². The summed E-state index contributed by atoms with van der Waals surface area (Å²) in [6.07, 6.45) is 0. The van der Waals surface area contributed by atoms with Gasteiger partial charge >= 0.3 is 0 Å². The van der Waals surface area contributed by atoms with Crippen molar-refractivity contribution in [2.24, 2.45) is 5.73 Å². The molecule has 4 heteroatoms. The van der Waals surface area contributed by atoms with E-state index in [4.69, 9.17) is 5.73 Å². The van der Waals surface area contributed by atoms with E-state index < -0.39 is 5.91 Å². The molecule has 2 N–H and O–H groups in total. The van der Waals surface area contributed by atoms with E-state index in [0.29, 0.717) is 27.7 Å². The van der Waals surface area contributed by atoms with Crippen LogP contribution in [-0.2, 0) is 0 Å². The Morgan fingerprint density at radius 3 is 2.60 bits per heavy atom. The van der Waals surface area contributed by atoms with E-state index in [1.165, 1.54) is 12.1 Å². The van der Waals surface area contributed by atoms with Gasteiger partial charge in [-0.05, 0) is 24.3 Å². The lowest BCUT2D eigenvalue weighted by Crippen LogP contribution is -2.12. The minimum atomic E-state index is -0.527. The van der Waals surface area contributed by atoms with Crippen molar-refractivity contribution in [3.8, 4) is 11.3 Å². The zero-order valence-electron chi connectivity index (χ0n) is 10.5. The number of benzene rings is 2. The van der Waals surface area contributed by atoms with E-state index in [-0.39, 0.29) is 5.82 Å². The van der Waals surface area contributed by atoms with Gasteiger partial charge in [-0.2, -0.15) is 0 Å². The minimum absolute atomic E-state index is 0.349. The maximum atomic E-state index is 13.3. The fraction of sp³-hybridized carbons (Fsp3) is 0. The van der Waals surface area contributed by atoms with Crippen LogP contribution in [0.2, 0.25) is 0 Å². The fourth-order valence-corrected chi connectivity index (χ4v) is 2.17. The van der Waals surface area contributed by atoms with Gasteiger partial charge in [-0.1, -0.05) is 30.3 Å². The van der Waals surface area contributed by atoms with Crippen LogP contribution in [0.25, 0.3) is 22.2 Å². The third-order valence-electron chi connectivity index (χ3n) is 3.10. The van der Waals surface area contributed by atoms with Gasteiger partial charge in [0.2, 0.25) is 5.91 Å². The third-order valence-corrected chi connectivity index (χ3v) is 3.10. The molecule has 98 valence electrons. The second-order valence-corrected chi connectivity index (χ2v) is 4.45. The van der Waals surface area contributed by atoms with Crippen molar-refractivity contribution >= 4 is 16.8 Å². The summed E-state index contributed by atoms with van der Waals surface area (Å²) in [5.74, 6) is -0.876. The Balaban J connectivity index is 2.30. The fourth-order valence-electron chi connectivity index (χ4n) is 2.17. The number of carbonyl (C=O) groups is 1. The standard InChI is InChI=1S/C16H11FN2O/c17-11-5-3-4-10(8-11)15-9-13(16(18)20)12-6-1-2-7-14(12)19-15/h1-9H,(H2,18,20). The summed E-state index contributed by atoms with van der Waals surface area (Å²) in [6.45, 7) is 0. The molecule has 2 aromatic carbocycles. The number of nitrogens with zero attached hydrogens (tertiary/aromatic N) is 1. The van der Waals surface area contributed by atoms with E-state index in [1.807, 2.05) is 12.1 Å². The molecule has 20 heavy (non-hydrogen) atoms. The van der Waals surface area contributed by atoms with Crippen LogP contribution >= 0.6 is 0 Å². The van der Waals surface area contributed by atoms with Crippen LogP contribution in [0.15, 0.2) is 54.6 Å². The average molecular weight is 266 g/mol. The van der Waals surface area contributed by atoms with E-state index >= 15 is 0 Å². The predicted molar refractivity (Wildman–Crippen MR) is 75.7 cm³/mol. The molecule has 0 fully saturated rings. The molecule has 3 nitrogen and oxygen atoms in total. The van der Waals surface area contributed by atoms with Gasteiger partial charge in [-0.15, -0.1) is 0 Å². The molecular formula is C16H11FN2O. The summed E-state index contributed by atoms with van der Waals surface area (Å²) in [6, 6.07) is 14.9. The number of amides is 1. The Labute approximate surface area is 114 Å². The normalized spacial score (nSPS) is 10.7. The SMILES string of the molecule is NC(=O)c1cc(-c2cccc(F)c2)nc2ccccc12. The molecular weight excluding hydrogens is 255 g/mol. The van der Waals surface area contributed by atoms with E-state index in [1.54, 1.807) is 30.3 Å². The molecule has 0 aliphatic carbocycles. The van der Waals surface area contributed by atoms with E-state index in [2.05, 4.69) is 4.98 Å². The van der Waals surface area contributed by atoms with E-state index in [9.17, 15) is 9.18 Å². The van der Waals surface area contributed by atoms with Gasteiger partial charge in [-0.25, -0.2) is 9.37 Å². The quantitative estimate of drug-likeness (QED) is 0.774. The van der Waals surface area contributed by atoms with E-state index in [0.717, 1.165) is 0 Å². The van der Waals surface area contributed by atoms with Crippen LogP contribution < -0.4 is 5.73 Å². The summed E-state index contributed by atoms with van der Waals surface area (Å²) in [4.78, 5) is 16.0. The number of aromatic nitrogens is 1. The highest BCUT2D eigenvalue weighted by Gasteiger charge is 2.11. The van der Waals surface area contributed by atoms with Gasteiger partial charge in [0.15, 0.2) is 0 Å². The van der Waals surface area contributed by atoms with Crippen molar-refractivity contribution in [2.75, 3.05) is 0 Å². The topological polar surface area (TPSA) is 56.0 Å². The molecule has 3 aromatic rings. The molecule has 0 atom stereocenters. The van der Waals surface area contributed by atoms with Gasteiger partial charge in [-0.3, -0.25) is 4.79 Å². The summed E-state index contributed by atoms with van der Waals surface area (Å²) in [7, 11) is 0. The molecule has 0 spiro atoms. The van der Waals surface area contributed by atoms with Crippen molar-refractivity contribution < 1.29 is 9.18 Å². The summed E-state index contributed by atoms with van der Waals surface area (Å²) in [5, 5.41) is 0.695. The first-order valence-corrected chi connectivity index (χ1v) is 6.11. The van der Waals surface area contributed by atoms with Gasteiger partial charge in [0.25, 0.3) is 0 Å². The highest BCUT2D eigenvalue weighted by molar-refractivity contribution is 6.06. The monoisotopic (exact) mass is 266 g/mol. The number of halogens is 1. The second-order valence-electron chi connectivity index (χ2n) is 4.45. The van der Waals surface area contributed by atoms with Crippen LogP contribution in [0.1, 0.15) is 10.4 Å². The van der Waals surface area contributed by atoms with Crippen LogP contribution in [0.4, 0.5) is 4.39 Å². The Morgan fingerprint density at radius 1 is 1.05 bits per heavy atom. The van der Waals surface area contributed by atoms with Crippen molar-refractivity contribution in [1.29, 1.82) is 0 Å². The van der Waals surface area contributed by atoms with Crippen molar-refractivity contribution in [3.05, 3.63) is 66.0 Å².